The minimum absolute atomic E-state index is 0.0807. The lowest BCUT2D eigenvalue weighted by Gasteiger charge is -2.27. The van der Waals surface area contributed by atoms with E-state index < -0.39 is 0 Å². The van der Waals surface area contributed by atoms with Gasteiger partial charge in [0.1, 0.15) is 0 Å². The first-order chi connectivity index (χ1) is 9.72. The second-order valence-corrected chi connectivity index (χ2v) is 5.02. The molecule has 2 heterocycles. The first kappa shape index (κ1) is 14.7. The Bertz CT molecular complexity index is 457. The van der Waals surface area contributed by atoms with Crippen molar-refractivity contribution in [3.05, 3.63) is 17.5 Å². The van der Waals surface area contributed by atoms with Crippen molar-refractivity contribution in [3.8, 4) is 0 Å². The number of piperazine rings is 1. The van der Waals surface area contributed by atoms with Gasteiger partial charge in [-0.3, -0.25) is 4.79 Å². The van der Waals surface area contributed by atoms with Gasteiger partial charge in [0.15, 0.2) is 0 Å². The number of unbranched alkanes of at least 4 members (excludes halogenated alkanes) is 1. The van der Waals surface area contributed by atoms with Gasteiger partial charge >= 0.3 is 0 Å². The molecule has 1 aromatic rings. The molecule has 1 amide bonds. The Morgan fingerprint density at radius 2 is 2.20 bits per heavy atom. The smallest absolute Gasteiger partial charge is 0.254 e. The average molecular weight is 277 g/mol. The number of amides is 1. The zero-order chi connectivity index (χ0) is 14.4. The molecule has 1 fully saturated rings. The van der Waals surface area contributed by atoms with E-state index >= 15 is 0 Å². The standard InChI is InChI=1S/C14H23N5O/c1-3-4-5-16-13(20)12-10-17-14(18-11(12)2)19-8-6-15-7-9-19/h10,15H,3-9H2,1-2H3,(H,16,20). The molecular formula is C14H23N5O. The van der Waals surface area contributed by atoms with E-state index in [0.29, 0.717) is 18.1 Å². The Hall–Kier alpha value is -1.69. The van der Waals surface area contributed by atoms with E-state index in [1.807, 2.05) is 6.92 Å². The Morgan fingerprint density at radius 3 is 2.85 bits per heavy atom. The highest BCUT2D eigenvalue weighted by molar-refractivity contribution is 5.94. The first-order valence-electron chi connectivity index (χ1n) is 7.30. The number of hydrogen-bond acceptors (Lipinski definition) is 5. The fourth-order valence-corrected chi connectivity index (χ4v) is 2.17. The van der Waals surface area contributed by atoms with Crippen LogP contribution in [-0.2, 0) is 0 Å². The fourth-order valence-electron chi connectivity index (χ4n) is 2.17. The van der Waals surface area contributed by atoms with Crippen LogP contribution in [0.1, 0.15) is 35.8 Å². The molecule has 0 radical (unpaired) electrons. The molecule has 0 saturated carbocycles. The van der Waals surface area contributed by atoms with Crippen molar-refractivity contribution in [2.45, 2.75) is 26.7 Å². The van der Waals surface area contributed by atoms with Crippen LogP contribution < -0.4 is 15.5 Å². The summed E-state index contributed by atoms with van der Waals surface area (Å²) in [7, 11) is 0. The predicted octanol–water partition coefficient (Wildman–Crippen LogP) is 0.725. The molecule has 1 aliphatic rings. The number of nitrogens with one attached hydrogen (secondary N) is 2. The van der Waals surface area contributed by atoms with Gasteiger partial charge < -0.3 is 15.5 Å². The zero-order valence-corrected chi connectivity index (χ0v) is 12.3. The quantitative estimate of drug-likeness (QED) is 0.776. The average Bonchev–Trinajstić information content (AvgIpc) is 2.48. The lowest BCUT2D eigenvalue weighted by Crippen LogP contribution is -2.44. The number of hydrogen-bond donors (Lipinski definition) is 2. The highest BCUT2D eigenvalue weighted by atomic mass is 16.1. The monoisotopic (exact) mass is 277 g/mol. The van der Waals surface area contributed by atoms with E-state index in [1.165, 1.54) is 0 Å². The van der Waals surface area contributed by atoms with Gasteiger partial charge in [0, 0.05) is 38.9 Å². The van der Waals surface area contributed by atoms with Crippen LogP contribution in [0.2, 0.25) is 0 Å². The molecule has 1 saturated heterocycles. The third-order valence-electron chi connectivity index (χ3n) is 3.43. The lowest BCUT2D eigenvalue weighted by atomic mass is 10.2. The molecule has 2 N–H and O–H groups in total. The van der Waals surface area contributed by atoms with Crippen LogP contribution in [-0.4, -0.2) is 48.6 Å². The Kier molecular flexibility index (Phi) is 5.29. The number of nitrogens with zero attached hydrogens (tertiary/aromatic N) is 3. The van der Waals surface area contributed by atoms with Gasteiger partial charge in [0.05, 0.1) is 11.3 Å². The summed E-state index contributed by atoms with van der Waals surface area (Å²) in [5.41, 5.74) is 1.31. The Morgan fingerprint density at radius 1 is 1.45 bits per heavy atom. The van der Waals surface area contributed by atoms with Gasteiger partial charge in [-0.25, -0.2) is 9.97 Å². The molecule has 0 aliphatic carbocycles. The summed E-state index contributed by atoms with van der Waals surface area (Å²) in [5, 5.41) is 6.19. The van der Waals surface area contributed by atoms with E-state index in [4.69, 9.17) is 0 Å². The van der Waals surface area contributed by atoms with E-state index in [9.17, 15) is 4.79 Å². The summed E-state index contributed by atoms with van der Waals surface area (Å²) < 4.78 is 0. The number of rotatable bonds is 5. The molecule has 6 nitrogen and oxygen atoms in total. The molecule has 1 aromatic heterocycles. The van der Waals surface area contributed by atoms with Crippen LogP contribution in [0.3, 0.4) is 0 Å². The van der Waals surface area contributed by atoms with Crippen LogP contribution >= 0.6 is 0 Å². The maximum absolute atomic E-state index is 12.0. The summed E-state index contributed by atoms with van der Waals surface area (Å²) in [6.07, 6.45) is 3.70. The minimum Gasteiger partial charge on any atom is -0.352 e. The summed E-state index contributed by atoms with van der Waals surface area (Å²) in [5.74, 6) is 0.636. The molecule has 6 heteroatoms. The molecule has 1 aliphatic heterocycles. The zero-order valence-electron chi connectivity index (χ0n) is 12.3. The Labute approximate surface area is 120 Å². The first-order valence-corrected chi connectivity index (χ1v) is 7.30. The van der Waals surface area contributed by atoms with Crippen molar-refractivity contribution in [1.29, 1.82) is 0 Å². The maximum Gasteiger partial charge on any atom is 0.254 e. The lowest BCUT2D eigenvalue weighted by molar-refractivity contribution is 0.0951. The van der Waals surface area contributed by atoms with Gasteiger partial charge in [-0.05, 0) is 13.3 Å². The number of aryl methyl sites for hydroxylation is 1. The number of aromatic nitrogens is 2. The van der Waals surface area contributed by atoms with Crippen molar-refractivity contribution < 1.29 is 4.79 Å². The van der Waals surface area contributed by atoms with Crippen molar-refractivity contribution in [2.75, 3.05) is 37.6 Å². The molecule has 0 bridgehead atoms. The summed E-state index contributed by atoms with van der Waals surface area (Å²) in [6.45, 7) is 8.37. The van der Waals surface area contributed by atoms with E-state index in [0.717, 1.165) is 44.7 Å². The third kappa shape index (κ3) is 3.66. The van der Waals surface area contributed by atoms with Gasteiger partial charge in [-0.15, -0.1) is 0 Å². The number of carbonyl (C=O) groups is 1. The number of carbonyl (C=O) groups excluding carboxylic acids is 1. The molecule has 0 atom stereocenters. The molecule has 0 spiro atoms. The third-order valence-corrected chi connectivity index (χ3v) is 3.43. The molecular weight excluding hydrogens is 254 g/mol. The van der Waals surface area contributed by atoms with Gasteiger partial charge in [-0.1, -0.05) is 13.3 Å². The van der Waals surface area contributed by atoms with E-state index in [-0.39, 0.29) is 5.91 Å². The summed E-state index contributed by atoms with van der Waals surface area (Å²) in [4.78, 5) is 23.0. The second kappa shape index (κ2) is 7.19. The van der Waals surface area contributed by atoms with Gasteiger partial charge in [-0.2, -0.15) is 0 Å². The topological polar surface area (TPSA) is 70.2 Å². The molecule has 0 aromatic carbocycles. The van der Waals surface area contributed by atoms with Crippen molar-refractivity contribution in [2.24, 2.45) is 0 Å². The molecule has 2 rings (SSSR count). The SMILES string of the molecule is CCCCNC(=O)c1cnc(N2CCNCC2)nc1C. The van der Waals surface area contributed by atoms with Crippen molar-refractivity contribution >= 4 is 11.9 Å². The summed E-state index contributed by atoms with van der Waals surface area (Å²) >= 11 is 0. The van der Waals surface area contributed by atoms with Crippen LogP contribution in [0.5, 0.6) is 0 Å². The van der Waals surface area contributed by atoms with Crippen LogP contribution in [0.25, 0.3) is 0 Å². The van der Waals surface area contributed by atoms with Crippen LogP contribution in [0.15, 0.2) is 6.20 Å². The molecule has 20 heavy (non-hydrogen) atoms. The van der Waals surface area contributed by atoms with E-state index in [1.54, 1.807) is 6.20 Å². The fraction of sp³-hybridized carbons (Fsp3) is 0.643. The largest absolute Gasteiger partial charge is 0.352 e. The van der Waals surface area contributed by atoms with Crippen LogP contribution in [0.4, 0.5) is 5.95 Å². The van der Waals surface area contributed by atoms with Crippen molar-refractivity contribution in [1.82, 2.24) is 20.6 Å². The highest BCUT2D eigenvalue weighted by Crippen LogP contribution is 2.12. The molecule has 0 unspecified atom stereocenters. The number of anilines is 1. The van der Waals surface area contributed by atoms with Crippen molar-refractivity contribution in [3.63, 3.8) is 0 Å². The Balaban J connectivity index is 2.03. The predicted molar refractivity (Wildman–Crippen MR) is 79.1 cm³/mol. The van der Waals surface area contributed by atoms with Gasteiger partial charge in [0.2, 0.25) is 5.95 Å². The highest BCUT2D eigenvalue weighted by Gasteiger charge is 2.16. The normalized spacial score (nSPS) is 15.2. The second-order valence-electron chi connectivity index (χ2n) is 5.02. The molecule has 110 valence electrons. The maximum atomic E-state index is 12.0. The van der Waals surface area contributed by atoms with E-state index in [2.05, 4.69) is 32.4 Å². The van der Waals surface area contributed by atoms with Crippen LogP contribution in [0, 0.1) is 6.92 Å². The summed E-state index contributed by atoms with van der Waals surface area (Å²) in [6, 6.07) is 0. The minimum atomic E-state index is -0.0807. The van der Waals surface area contributed by atoms with Gasteiger partial charge in [0.25, 0.3) is 5.91 Å².